The second kappa shape index (κ2) is 9.71. The Labute approximate surface area is 138 Å². The number of nitrogens with zero attached hydrogens (tertiary/aromatic N) is 2. The zero-order valence-electron chi connectivity index (χ0n) is 13.8. The van der Waals surface area contributed by atoms with Crippen molar-refractivity contribution in [3.05, 3.63) is 0 Å². The zero-order valence-corrected chi connectivity index (χ0v) is 14.6. The zero-order chi connectivity index (χ0) is 17.3. The van der Waals surface area contributed by atoms with Gasteiger partial charge in [0.1, 0.15) is 0 Å². The lowest BCUT2D eigenvalue weighted by Gasteiger charge is -2.19. The third-order valence-corrected chi connectivity index (χ3v) is 5.06. The monoisotopic (exact) mass is 347 g/mol. The van der Waals surface area contributed by atoms with Gasteiger partial charge in [0.05, 0.1) is 11.8 Å². The SMILES string of the molecule is CCCCS(=O)(=O)NC(N)=NCCC[C@@H](N)C(=O)N1CCCC1. The Hall–Kier alpha value is -1.35. The summed E-state index contributed by atoms with van der Waals surface area (Å²) >= 11 is 0. The molecule has 9 heteroatoms. The first kappa shape index (κ1) is 19.7. The number of carbonyl (C=O) groups is 1. The smallest absolute Gasteiger partial charge is 0.239 e. The summed E-state index contributed by atoms with van der Waals surface area (Å²) in [6.45, 7) is 3.83. The molecule has 1 fully saturated rings. The summed E-state index contributed by atoms with van der Waals surface area (Å²) in [4.78, 5) is 17.8. The van der Waals surface area contributed by atoms with Crippen molar-refractivity contribution < 1.29 is 13.2 Å². The standard InChI is InChI=1S/C14H29N5O3S/c1-2-3-11-23(21,22)18-14(16)17-8-6-7-12(15)13(20)19-9-4-5-10-19/h12H,2-11,15H2,1H3,(H3,16,17,18)/t12-/m1/s1. The van der Waals surface area contributed by atoms with Crippen LogP contribution >= 0.6 is 0 Å². The molecule has 8 nitrogen and oxygen atoms in total. The van der Waals surface area contributed by atoms with Crippen LogP contribution in [0, 0.1) is 0 Å². The van der Waals surface area contributed by atoms with Gasteiger partial charge in [0, 0.05) is 19.6 Å². The van der Waals surface area contributed by atoms with E-state index in [1.807, 2.05) is 6.92 Å². The van der Waals surface area contributed by atoms with E-state index in [1.54, 1.807) is 4.90 Å². The van der Waals surface area contributed by atoms with Crippen LogP contribution in [0.3, 0.4) is 0 Å². The maximum Gasteiger partial charge on any atom is 0.239 e. The highest BCUT2D eigenvalue weighted by Crippen LogP contribution is 2.10. The lowest BCUT2D eigenvalue weighted by atomic mass is 10.1. The minimum absolute atomic E-state index is 0.0141. The van der Waals surface area contributed by atoms with Crippen molar-refractivity contribution >= 4 is 21.9 Å². The van der Waals surface area contributed by atoms with Crippen LogP contribution in [0.2, 0.25) is 0 Å². The predicted molar refractivity (Wildman–Crippen MR) is 91.3 cm³/mol. The summed E-state index contributed by atoms with van der Waals surface area (Å²) in [5.74, 6) is -0.0881. The van der Waals surface area contributed by atoms with E-state index in [2.05, 4.69) is 9.71 Å². The van der Waals surface area contributed by atoms with Crippen LogP contribution in [0.5, 0.6) is 0 Å². The maximum absolute atomic E-state index is 12.0. The van der Waals surface area contributed by atoms with Crippen molar-refractivity contribution in [2.75, 3.05) is 25.4 Å². The minimum Gasteiger partial charge on any atom is -0.369 e. The molecule has 1 heterocycles. The molecule has 0 aromatic carbocycles. The molecule has 1 saturated heterocycles. The van der Waals surface area contributed by atoms with Gasteiger partial charge < -0.3 is 16.4 Å². The third-order valence-electron chi connectivity index (χ3n) is 3.72. The lowest BCUT2D eigenvalue weighted by Crippen LogP contribution is -2.42. The van der Waals surface area contributed by atoms with Crippen LogP contribution in [0.25, 0.3) is 0 Å². The average Bonchev–Trinajstić information content (AvgIpc) is 3.02. The topological polar surface area (TPSA) is 131 Å². The van der Waals surface area contributed by atoms with Crippen molar-refractivity contribution in [1.82, 2.24) is 9.62 Å². The maximum atomic E-state index is 12.0. The molecule has 0 spiro atoms. The normalized spacial score (nSPS) is 17.3. The molecule has 1 aliphatic heterocycles. The van der Waals surface area contributed by atoms with E-state index in [1.165, 1.54) is 0 Å². The number of hydrogen-bond donors (Lipinski definition) is 3. The molecular formula is C14H29N5O3S. The third kappa shape index (κ3) is 7.65. The highest BCUT2D eigenvalue weighted by Gasteiger charge is 2.23. The quantitative estimate of drug-likeness (QED) is 0.301. The van der Waals surface area contributed by atoms with Gasteiger partial charge in [0.15, 0.2) is 0 Å². The van der Waals surface area contributed by atoms with Crippen LogP contribution in [-0.4, -0.2) is 56.6 Å². The number of hydrogen-bond acceptors (Lipinski definition) is 5. The lowest BCUT2D eigenvalue weighted by molar-refractivity contribution is -0.131. The number of aliphatic imine (C=N–C) groups is 1. The van der Waals surface area contributed by atoms with Crippen LogP contribution in [0.4, 0.5) is 0 Å². The van der Waals surface area contributed by atoms with Crippen LogP contribution < -0.4 is 16.2 Å². The molecule has 0 saturated carbocycles. The van der Waals surface area contributed by atoms with Crippen molar-refractivity contribution in [3.63, 3.8) is 0 Å². The van der Waals surface area contributed by atoms with Gasteiger partial charge in [-0.25, -0.2) is 8.42 Å². The van der Waals surface area contributed by atoms with Gasteiger partial charge in [-0.1, -0.05) is 13.3 Å². The van der Waals surface area contributed by atoms with Gasteiger partial charge in [-0.05, 0) is 32.1 Å². The Morgan fingerprint density at radius 2 is 1.96 bits per heavy atom. The molecular weight excluding hydrogens is 318 g/mol. The first-order valence-electron chi connectivity index (χ1n) is 8.20. The number of guanidine groups is 1. The summed E-state index contributed by atoms with van der Waals surface area (Å²) in [6, 6.07) is -0.522. The molecule has 23 heavy (non-hydrogen) atoms. The number of sulfonamides is 1. The Morgan fingerprint density at radius 1 is 1.30 bits per heavy atom. The number of rotatable bonds is 9. The van der Waals surface area contributed by atoms with E-state index in [4.69, 9.17) is 11.5 Å². The van der Waals surface area contributed by atoms with Gasteiger partial charge in [-0.15, -0.1) is 0 Å². The van der Waals surface area contributed by atoms with E-state index in [-0.39, 0.29) is 17.6 Å². The molecule has 134 valence electrons. The molecule has 1 atom stereocenters. The molecule has 1 amide bonds. The number of unbranched alkanes of at least 4 members (excludes halogenated alkanes) is 1. The Kier molecular flexibility index (Phi) is 8.32. The van der Waals surface area contributed by atoms with Crippen molar-refractivity contribution in [1.29, 1.82) is 0 Å². The molecule has 0 radical (unpaired) electrons. The highest BCUT2D eigenvalue weighted by atomic mass is 32.2. The first-order valence-corrected chi connectivity index (χ1v) is 9.85. The fourth-order valence-electron chi connectivity index (χ4n) is 2.38. The summed E-state index contributed by atoms with van der Waals surface area (Å²) in [5.41, 5.74) is 11.4. The van der Waals surface area contributed by atoms with Crippen LogP contribution in [0.1, 0.15) is 45.4 Å². The van der Waals surface area contributed by atoms with Crippen molar-refractivity contribution in [2.45, 2.75) is 51.5 Å². The second-order valence-corrected chi connectivity index (χ2v) is 7.66. The summed E-state index contributed by atoms with van der Waals surface area (Å²) < 4.78 is 25.5. The number of amides is 1. The molecule has 1 rings (SSSR count). The van der Waals surface area contributed by atoms with Gasteiger partial charge in [0.25, 0.3) is 0 Å². The van der Waals surface area contributed by atoms with Crippen LogP contribution in [0.15, 0.2) is 4.99 Å². The van der Waals surface area contributed by atoms with Crippen LogP contribution in [-0.2, 0) is 14.8 Å². The molecule has 0 aliphatic carbocycles. The molecule has 1 aliphatic rings. The first-order chi connectivity index (χ1) is 10.9. The Morgan fingerprint density at radius 3 is 2.57 bits per heavy atom. The number of nitrogens with two attached hydrogens (primary N) is 2. The summed E-state index contributed by atoms with van der Waals surface area (Å²) in [7, 11) is -3.41. The molecule has 0 aromatic rings. The molecule has 0 bridgehead atoms. The molecule has 5 N–H and O–H groups in total. The van der Waals surface area contributed by atoms with Gasteiger partial charge in [-0.2, -0.15) is 0 Å². The van der Waals surface area contributed by atoms with Gasteiger partial charge in [0.2, 0.25) is 21.9 Å². The summed E-state index contributed by atoms with van der Waals surface area (Å²) in [5, 5.41) is 0. The molecule has 0 unspecified atom stereocenters. The number of likely N-dealkylation sites (tertiary alicyclic amines) is 1. The summed E-state index contributed by atoms with van der Waals surface area (Å²) in [6.07, 6.45) is 4.54. The average molecular weight is 347 g/mol. The van der Waals surface area contributed by atoms with Crippen molar-refractivity contribution in [2.24, 2.45) is 16.5 Å². The second-order valence-electron chi connectivity index (χ2n) is 5.82. The fourth-order valence-corrected chi connectivity index (χ4v) is 3.54. The van der Waals surface area contributed by atoms with Crippen molar-refractivity contribution in [3.8, 4) is 0 Å². The van der Waals surface area contributed by atoms with Gasteiger partial charge in [-0.3, -0.25) is 14.5 Å². The number of nitrogens with one attached hydrogen (secondary N) is 1. The largest absolute Gasteiger partial charge is 0.369 e. The van der Waals surface area contributed by atoms with E-state index in [0.29, 0.717) is 25.8 Å². The van der Waals surface area contributed by atoms with E-state index >= 15 is 0 Å². The Bertz CT molecular complexity index is 501. The minimum atomic E-state index is -3.41. The van der Waals surface area contributed by atoms with E-state index in [9.17, 15) is 13.2 Å². The fraction of sp³-hybridized carbons (Fsp3) is 0.857. The highest BCUT2D eigenvalue weighted by molar-refractivity contribution is 7.90. The molecule has 0 aromatic heterocycles. The van der Waals surface area contributed by atoms with Gasteiger partial charge >= 0.3 is 0 Å². The Balaban J connectivity index is 2.27. The van der Waals surface area contributed by atoms with E-state index < -0.39 is 16.1 Å². The van der Waals surface area contributed by atoms with E-state index in [0.717, 1.165) is 32.4 Å². The number of carbonyl (C=O) groups excluding carboxylic acids is 1. The predicted octanol–water partition coefficient (Wildman–Crippen LogP) is -0.249.